The summed E-state index contributed by atoms with van der Waals surface area (Å²) >= 11 is 0. The van der Waals surface area contributed by atoms with Crippen LogP contribution in [0, 0.1) is 17.5 Å². The molecule has 2 aromatic rings. The Morgan fingerprint density at radius 1 is 1.25 bits per heavy atom. The monoisotopic (exact) mass is 281 g/mol. The van der Waals surface area contributed by atoms with Gasteiger partial charge in [-0.15, -0.1) is 0 Å². The maximum absolute atomic E-state index is 13.5. The number of halogens is 3. The average molecular weight is 281 g/mol. The van der Waals surface area contributed by atoms with Crippen molar-refractivity contribution in [1.29, 1.82) is 0 Å². The average Bonchev–Trinajstić information content (AvgIpc) is 2.40. The normalized spacial score (nSPS) is 10.3. The third kappa shape index (κ3) is 2.87. The van der Waals surface area contributed by atoms with Gasteiger partial charge in [-0.05, 0) is 12.1 Å². The van der Waals surface area contributed by atoms with Crippen LogP contribution in [0.4, 0.5) is 19.0 Å². The van der Waals surface area contributed by atoms with Crippen molar-refractivity contribution in [3.63, 3.8) is 0 Å². The molecule has 0 saturated heterocycles. The highest BCUT2D eigenvalue weighted by molar-refractivity contribution is 5.95. The number of hydrogen-bond acceptors (Lipinski definition) is 3. The number of nitrogens with zero attached hydrogens (tertiary/aromatic N) is 1. The van der Waals surface area contributed by atoms with Crippen molar-refractivity contribution in [3.8, 4) is 0 Å². The number of benzene rings is 1. The highest BCUT2D eigenvalue weighted by Gasteiger charge is 2.14. The lowest BCUT2D eigenvalue weighted by Crippen LogP contribution is -2.24. The molecule has 0 fully saturated rings. The highest BCUT2D eigenvalue weighted by Crippen LogP contribution is 2.13. The molecule has 0 unspecified atom stereocenters. The molecule has 0 radical (unpaired) electrons. The van der Waals surface area contributed by atoms with Crippen LogP contribution >= 0.6 is 0 Å². The molecule has 1 heterocycles. The minimum atomic E-state index is -0.940. The number of amides is 1. The van der Waals surface area contributed by atoms with E-state index in [0.717, 1.165) is 12.1 Å². The van der Waals surface area contributed by atoms with E-state index in [2.05, 4.69) is 10.3 Å². The largest absolute Gasteiger partial charge is 0.381 e. The first-order valence-corrected chi connectivity index (χ1v) is 5.61. The number of aromatic nitrogens is 1. The van der Waals surface area contributed by atoms with Crippen LogP contribution in [0.25, 0.3) is 0 Å². The summed E-state index contributed by atoms with van der Waals surface area (Å²) in [5.74, 6) is -3.61. The number of anilines is 1. The van der Waals surface area contributed by atoms with Gasteiger partial charge in [0.2, 0.25) is 0 Å². The van der Waals surface area contributed by atoms with Crippen LogP contribution in [0.5, 0.6) is 0 Å². The Kier molecular flexibility index (Phi) is 3.88. The van der Waals surface area contributed by atoms with Gasteiger partial charge in [0.15, 0.2) is 11.6 Å². The Balaban J connectivity index is 2.11. The van der Waals surface area contributed by atoms with Crippen LogP contribution in [0.3, 0.4) is 0 Å². The van der Waals surface area contributed by atoms with Crippen LogP contribution < -0.4 is 11.1 Å². The number of pyridine rings is 1. The van der Waals surface area contributed by atoms with Gasteiger partial charge < -0.3 is 11.1 Å². The van der Waals surface area contributed by atoms with E-state index in [1.54, 1.807) is 0 Å². The molecule has 0 aliphatic rings. The molecule has 1 amide bonds. The van der Waals surface area contributed by atoms with E-state index in [1.165, 1.54) is 12.3 Å². The molecular weight excluding hydrogens is 271 g/mol. The molecular formula is C13H10F3N3O. The van der Waals surface area contributed by atoms with Crippen molar-refractivity contribution in [2.75, 3.05) is 5.73 Å². The van der Waals surface area contributed by atoms with Gasteiger partial charge in [-0.3, -0.25) is 4.79 Å². The van der Waals surface area contributed by atoms with Crippen LogP contribution in [0.1, 0.15) is 15.9 Å². The fourth-order valence-electron chi connectivity index (χ4n) is 1.57. The van der Waals surface area contributed by atoms with Crippen molar-refractivity contribution in [2.24, 2.45) is 0 Å². The predicted octanol–water partition coefficient (Wildman–Crippen LogP) is 2.01. The molecule has 20 heavy (non-hydrogen) atoms. The van der Waals surface area contributed by atoms with Gasteiger partial charge >= 0.3 is 0 Å². The maximum Gasteiger partial charge on any atom is 0.254 e. The number of nitrogens with two attached hydrogens (primary N) is 1. The van der Waals surface area contributed by atoms with E-state index >= 15 is 0 Å². The molecule has 0 saturated carbocycles. The van der Waals surface area contributed by atoms with E-state index < -0.39 is 29.2 Å². The summed E-state index contributed by atoms with van der Waals surface area (Å²) in [6.45, 7) is -0.202. The highest BCUT2D eigenvalue weighted by atomic mass is 19.1. The number of nitrogen functional groups attached to an aromatic ring is 1. The van der Waals surface area contributed by atoms with E-state index in [9.17, 15) is 18.0 Å². The van der Waals surface area contributed by atoms with Crippen LogP contribution in [0.2, 0.25) is 0 Å². The molecule has 7 heteroatoms. The quantitative estimate of drug-likeness (QED) is 0.904. The molecule has 0 bridgehead atoms. The molecule has 1 aromatic carbocycles. The van der Waals surface area contributed by atoms with Gasteiger partial charge in [0, 0.05) is 24.4 Å². The third-order valence-corrected chi connectivity index (χ3v) is 2.62. The minimum Gasteiger partial charge on any atom is -0.381 e. The zero-order valence-electron chi connectivity index (χ0n) is 10.2. The van der Waals surface area contributed by atoms with Gasteiger partial charge in [-0.1, -0.05) is 6.07 Å². The summed E-state index contributed by atoms with van der Waals surface area (Å²) in [5.41, 5.74) is 5.03. The fourth-order valence-corrected chi connectivity index (χ4v) is 1.57. The lowest BCUT2D eigenvalue weighted by molar-refractivity contribution is 0.0946. The summed E-state index contributed by atoms with van der Waals surface area (Å²) in [6, 6.07) is 4.12. The zero-order chi connectivity index (χ0) is 14.7. The van der Waals surface area contributed by atoms with Gasteiger partial charge in [-0.25, -0.2) is 18.2 Å². The second kappa shape index (κ2) is 5.60. The fraction of sp³-hybridized carbons (Fsp3) is 0.0769. The standard InChI is InChI=1S/C13H10F3N3O/c14-8-2-1-7(10(15)5-8)6-19-13(20)9-3-4-18-12(17)11(9)16/h1-5H,6H2,(H2,17,18)(H,19,20). The molecule has 104 valence electrons. The molecule has 2 rings (SSSR count). The van der Waals surface area contributed by atoms with Crippen molar-refractivity contribution < 1.29 is 18.0 Å². The van der Waals surface area contributed by atoms with Crippen LogP contribution in [-0.4, -0.2) is 10.9 Å². The smallest absolute Gasteiger partial charge is 0.254 e. The first-order valence-electron chi connectivity index (χ1n) is 5.61. The van der Waals surface area contributed by atoms with Crippen molar-refractivity contribution >= 4 is 11.7 Å². The number of nitrogens with one attached hydrogen (secondary N) is 1. The van der Waals surface area contributed by atoms with E-state index in [0.29, 0.717) is 6.07 Å². The lowest BCUT2D eigenvalue weighted by atomic mass is 10.2. The number of hydrogen-bond donors (Lipinski definition) is 2. The van der Waals surface area contributed by atoms with Gasteiger partial charge in [-0.2, -0.15) is 0 Å². The second-order valence-corrected chi connectivity index (χ2v) is 3.98. The van der Waals surface area contributed by atoms with Crippen LogP contribution in [-0.2, 0) is 6.54 Å². The molecule has 4 nitrogen and oxygen atoms in total. The third-order valence-electron chi connectivity index (χ3n) is 2.62. The van der Waals surface area contributed by atoms with E-state index in [4.69, 9.17) is 5.73 Å². The van der Waals surface area contributed by atoms with E-state index in [1.807, 2.05) is 0 Å². The van der Waals surface area contributed by atoms with Crippen molar-refractivity contribution in [2.45, 2.75) is 6.54 Å². The van der Waals surface area contributed by atoms with Crippen molar-refractivity contribution in [3.05, 3.63) is 59.0 Å². The van der Waals surface area contributed by atoms with Crippen LogP contribution in [0.15, 0.2) is 30.5 Å². The topological polar surface area (TPSA) is 68.0 Å². The maximum atomic E-state index is 13.5. The number of carbonyl (C=O) groups is 1. The summed E-state index contributed by atoms with van der Waals surface area (Å²) in [4.78, 5) is 15.2. The first kappa shape index (κ1) is 13.9. The number of rotatable bonds is 3. The molecule has 1 aromatic heterocycles. The molecule has 0 aliphatic heterocycles. The Bertz CT molecular complexity index is 661. The van der Waals surface area contributed by atoms with Gasteiger partial charge in [0.1, 0.15) is 11.6 Å². The summed E-state index contributed by atoms with van der Waals surface area (Å²) in [7, 11) is 0. The lowest BCUT2D eigenvalue weighted by Gasteiger charge is -2.07. The molecule has 0 atom stereocenters. The molecule has 0 aliphatic carbocycles. The Morgan fingerprint density at radius 3 is 2.70 bits per heavy atom. The molecule has 3 N–H and O–H groups in total. The summed E-state index contributed by atoms with van der Waals surface area (Å²) < 4.78 is 39.6. The van der Waals surface area contributed by atoms with Gasteiger partial charge in [0.05, 0.1) is 5.56 Å². The Hall–Kier alpha value is -2.57. The Labute approximate surface area is 112 Å². The van der Waals surface area contributed by atoms with Crippen molar-refractivity contribution in [1.82, 2.24) is 10.3 Å². The number of carbonyl (C=O) groups excluding carboxylic acids is 1. The second-order valence-electron chi connectivity index (χ2n) is 3.98. The zero-order valence-corrected chi connectivity index (χ0v) is 10.2. The van der Waals surface area contributed by atoms with Gasteiger partial charge in [0.25, 0.3) is 5.91 Å². The van der Waals surface area contributed by atoms with E-state index in [-0.39, 0.29) is 17.7 Å². The summed E-state index contributed by atoms with van der Waals surface area (Å²) in [6.07, 6.45) is 1.19. The Morgan fingerprint density at radius 2 is 2.00 bits per heavy atom. The molecule has 0 spiro atoms. The first-order chi connectivity index (χ1) is 9.49. The summed E-state index contributed by atoms with van der Waals surface area (Å²) in [5, 5.41) is 2.32. The minimum absolute atomic E-state index is 0.0854. The predicted molar refractivity (Wildman–Crippen MR) is 66.1 cm³/mol. The SMILES string of the molecule is Nc1nccc(C(=O)NCc2ccc(F)cc2F)c1F.